The van der Waals surface area contributed by atoms with Crippen molar-refractivity contribution in [2.75, 3.05) is 27.4 Å². The van der Waals surface area contributed by atoms with Crippen LogP contribution in [0.25, 0.3) is 0 Å². The summed E-state index contributed by atoms with van der Waals surface area (Å²) in [6, 6.07) is 6.17. The average Bonchev–Trinajstić information content (AvgIpc) is 2.42. The lowest BCUT2D eigenvalue weighted by Crippen LogP contribution is -2.28. The van der Waals surface area contributed by atoms with Gasteiger partial charge in [-0.3, -0.25) is 0 Å². The van der Waals surface area contributed by atoms with Crippen LogP contribution in [0.4, 0.5) is 0 Å². The van der Waals surface area contributed by atoms with E-state index in [2.05, 4.69) is 5.32 Å². The van der Waals surface area contributed by atoms with Crippen molar-refractivity contribution in [1.29, 1.82) is 0 Å². The molecular weight excluding hydrogens is 262 g/mol. The highest BCUT2D eigenvalue weighted by molar-refractivity contribution is 6.30. The van der Waals surface area contributed by atoms with Crippen LogP contribution in [-0.4, -0.2) is 33.4 Å². The van der Waals surface area contributed by atoms with Gasteiger partial charge in [0.1, 0.15) is 5.75 Å². The smallest absolute Gasteiger partial charge is 0.122 e. The molecule has 0 aromatic heterocycles. The summed E-state index contributed by atoms with van der Waals surface area (Å²) < 4.78 is 10.7. The third kappa shape index (κ3) is 5.81. The molecule has 0 spiro atoms. The fourth-order valence-electron chi connectivity index (χ4n) is 2.10. The summed E-state index contributed by atoms with van der Waals surface area (Å²) >= 11 is 6.05. The summed E-state index contributed by atoms with van der Waals surface area (Å²) in [5.74, 6) is 0.898. The number of likely N-dealkylation sites (N-methyl/N-ethyl adjacent to an activating group) is 1. The summed E-state index contributed by atoms with van der Waals surface area (Å²) in [7, 11) is 3.68. The minimum absolute atomic E-state index is 0.410. The molecule has 4 heteroatoms. The molecule has 1 atom stereocenters. The van der Waals surface area contributed by atoms with E-state index in [9.17, 15) is 0 Å². The van der Waals surface area contributed by atoms with E-state index < -0.39 is 0 Å². The van der Waals surface area contributed by atoms with Gasteiger partial charge in [-0.25, -0.2) is 0 Å². The summed E-state index contributed by atoms with van der Waals surface area (Å²) in [6.45, 7) is 3.63. The quantitative estimate of drug-likeness (QED) is 0.706. The molecule has 0 radical (unpaired) electrons. The van der Waals surface area contributed by atoms with E-state index in [-0.39, 0.29) is 0 Å². The zero-order valence-electron chi connectivity index (χ0n) is 12.0. The monoisotopic (exact) mass is 285 g/mol. The van der Waals surface area contributed by atoms with Crippen molar-refractivity contribution in [3.05, 3.63) is 28.8 Å². The molecule has 19 heavy (non-hydrogen) atoms. The van der Waals surface area contributed by atoms with Crippen molar-refractivity contribution in [3.8, 4) is 5.75 Å². The molecule has 0 fully saturated rings. The van der Waals surface area contributed by atoms with E-state index in [1.807, 2.05) is 32.2 Å². The van der Waals surface area contributed by atoms with Gasteiger partial charge < -0.3 is 14.8 Å². The van der Waals surface area contributed by atoms with Crippen LogP contribution < -0.4 is 10.1 Å². The van der Waals surface area contributed by atoms with E-state index >= 15 is 0 Å². The van der Waals surface area contributed by atoms with Gasteiger partial charge in [0.05, 0.1) is 7.11 Å². The Bertz CT molecular complexity index is 371. The third-order valence-electron chi connectivity index (χ3n) is 3.16. The van der Waals surface area contributed by atoms with Gasteiger partial charge in [0.15, 0.2) is 0 Å². The van der Waals surface area contributed by atoms with E-state index in [1.165, 1.54) is 0 Å². The number of hydrogen-bond acceptors (Lipinski definition) is 3. The molecule has 0 aliphatic rings. The molecule has 1 rings (SSSR count). The average molecular weight is 286 g/mol. The van der Waals surface area contributed by atoms with Crippen LogP contribution in [0.2, 0.25) is 5.02 Å². The lowest BCUT2D eigenvalue weighted by atomic mass is 10.0. The first kappa shape index (κ1) is 16.3. The fraction of sp³-hybridized carbons (Fsp3) is 0.600. The van der Waals surface area contributed by atoms with Crippen LogP contribution in [0, 0.1) is 0 Å². The number of nitrogens with one attached hydrogen (secondary N) is 1. The molecule has 0 aliphatic heterocycles. The molecule has 3 nitrogen and oxygen atoms in total. The Morgan fingerprint density at radius 1 is 1.37 bits per heavy atom. The number of methoxy groups -OCH3 is 1. The van der Waals surface area contributed by atoms with Crippen LogP contribution >= 0.6 is 11.6 Å². The topological polar surface area (TPSA) is 30.5 Å². The highest BCUT2D eigenvalue weighted by Crippen LogP contribution is 2.24. The van der Waals surface area contributed by atoms with Gasteiger partial charge in [0.2, 0.25) is 0 Å². The number of ether oxygens (including phenoxy) is 2. The second-order valence-corrected chi connectivity index (χ2v) is 4.92. The van der Waals surface area contributed by atoms with Gasteiger partial charge in [-0.05, 0) is 57.0 Å². The third-order valence-corrected chi connectivity index (χ3v) is 3.40. The lowest BCUT2D eigenvalue weighted by molar-refractivity contribution is 0.141. The van der Waals surface area contributed by atoms with Gasteiger partial charge in [-0.1, -0.05) is 11.6 Å². The van der Waals surface area contributed by atoms with Crippen molar-refractivity contribution in [2.45, 2.75) is 32.2 Å². The van der Waals surface area contributed by atoms with Gasteiger partial charge in [-0.2, -0.15) is 0 Å². The van der Waals surface area contributed by atoms with Gasteiger partial charge in [-0.15, -0.1) is 0 Å². The van der Waals surface area contributed by atoms with Crippen LogP contribution in [0.3, 0.4) is 0 Å². The lowest BCUT2D eigenvalue weighted by Gasteiger charge is -2.18. The number of hydrogen-bond donors (Lipinski definition) is 1. The predicted octanol–water partition coefficient (Wildman–Crippen LogP) is 3.30. The van der Waals surface area contributed by atoms with Crippen molar-refractivity contribution in [1.82, 2.24) is 5.32 Å². The molecular formula is C15H24ClNO2. The first-order valence-corrected chi connectivity index (χ1v) is 7.16. The Morgan fingerprint density at radius 3 is 2.79 bits per heavy atom. The summed E-state index contributed by atoms with van der Waals surface area (Å²) in [4.78, 5) is 0. The largest absolute Gasteiger partial charge is 0.496 e. The van der Waals surface area contributed by atoms with E-state index in [0.29, 0.717) is 6.04 Å². The Labute approximate surface area is 121 Å². The van der Waals surface area contributed by atoms with Crippen LogP contribution in [0.1, 0.15) is 25.3 Å². The normalized spacial score (nSPS) is 12.4. The van der Waals surface area contributed by atoms with Crippen LogP contribution in [0.15, 0.2) is 18.2 Å². The standard InChI is InChI=1S/C15H24ClNO2/c1-4-19-9-5-6-14(17-2)11-12-10-13(16)7-8-15(12)18-3/h7-8,10,14,17H,4-6,9,11H2,1-3H3. The molecule has 1 aromatic rings. The number of halogens is 1. The minimum Gasteiger partial charge on any atom is -0.496 e. The zero-order chi connectivity index (χ0) is 14.1. The van der Waals surface area contributed by atoms with Crippen LogP contribution in [0.5, 0.6) is 5.75 Å². The molecule has 0 amide bonds. The first-order valence-electron chi connectivity index (χ1n) is 6.78. The zero-order valence-corrected chi connectivity index (χ0v) is 12.8. The van der Waals surface area contributed by atoms with E-state index in [0.717, 1.165) is 48.8 Å². The molecule has 0 aliphatic carbocycles. The van der Waals surface area contributed by atoms with Gasteiger partial charge in [0, 0.05) is 24.3 Å². The Morgan fingerprint density at radius 2 is 2.16 bits per heavy atom. The predicted molar refractivity (Wildman–Crippen MR) is 80.3 cm³/mol. The maximum atomic E-state index is 6.05. The van der Waals surface area contributed by atoms with Crippen molar-refractivity contribution >= 4 is 11.6 Å². The Hall–Kier alpha value is -0.770. The number of rotatable bonds is 9. The van der Waals surface area contributed by atoms with Gasteiger partial charge >= 0.3 is 0 Å². The molecule has 1 aromatic carbocycles. The highest BCUT2D eigenvalue weighted by Gasteiger charge is 2.11. The Kier molecular flexibility index (Phi) is 7.87. The maximum absolute atomic E-state index is 6.05. The maximum Gasteiger partial charge on any atom is 0.122 e. The molecule has 1 unspecified atom stereocenters. The molecule has 108 valence electrons. The van der Waals surface area contributed by atoms with Crippen molar-refractivity contribution in [3.63, 3.8) is 0 Å². The number of benzene rings is 1. The van der Waals surface area contributed by atoms with E-state index in [4.69, 9.17) is 21.1 Å². The fourth-order valence-corrected chi connectivity index (χ4v) is 2.29. The molecule has 0 saturated heterocycles. The summed E-state index contributed by atoms with van der Waals surface area (Å²) in [6.07, 6.45) is 3.04. The summed E-state index contributed by atoms with van der Waals surface area (Å²) in [5, 5.41) is 4.09. The molecule has 0 heterocycles. The first-order chi connectivity index (χ1) is 9.21. The molecule has 0 saturated carbocycles. The summed E-state index contributed by atoms with van der Waals surface area (Å²) in [5.41, 5.74) is 1.14. The minimum atomic E-state index is 0.410. The van der Waals surface area contributed by atoms with Crippen molar-refractivity contribution < 1.29 is 9.47 Å². The highest BCUT2D eigenvalue weighted by atomic mass is 35.5. The second kappa shape index (κ2) is 9.18. The van der Waals surface area contributed by atoms with Gasteiger partial charge in [0.25, 0.3) is 0 Å². The molecule has 1 N–H and O–H groups in total. The Balaban J connectivity index is 2.56. The van der Waals surface area contributed by atoms with E-state index in [1.54, 1.807) is 7.11 Å². The van der Waals surface area contributed by atoms with Crippen molar-refractivity contribution in [2.24, 2.45) is 0 Å². The second-order valence-electron chi connectivity index (χ2n) is 4.49. The molecule has 0 bridgehead atoms. The van der Waals surface area contributed by atoms with Crippen LogP contribution in [-0.2, 0) is 11.2 Å². The SMILES string of the molecule is CCOCCCC(Cc1cc(Cl)ccc1OC)NC.